The lowest BCUT2D eigenvalue weighted by molar-refractivity contribution is -0.123. The molecule has 2 aromatic carbocycles. The number of rotatable bonds is 5. The molecule has 0 spiro atoms. The number of carbonyl (C=O) groups is 1. The Labute approximate surface area is 139 Å². The second-order valence-electron chi connectivity index (χ2n) is 4.98. The van der Waals surface area contributed by atoms with Crippen LogP contribution >= 0.6 is 11.6 Å². The second kappa shape index (κ2) is 7.65. The number of benzene rings is 2. The van der Waals surface area contributed by atoms with Crippen molar-refractivity contribution in [1.29, 1.82) is 0 Å². The van der Waals surface area contributed by atoms with Gasteiger partial charge in [-0.1, -0.05) is 23.7 Å². The zero-order chi connectivity index (χ0) is 16.8. The molecule has 6 heteroatoms. The summed E-state index contributed by atoms with van der Waals surface area (Å²) in [6.07, 6.45) is 1.32. The molecule has 0 radical (unpaired) electrons. The van der Waals surface area contributed by atoms with Gasteiger partial charge in [0.2, 0.25) is 0 Å². The third-order valence-electron chi connectivity index (χ3n) is 3.30. The van der Waals surface area contributed by atoms with E-state index in [2.05, 4.69) is 10.5 Å². The van der Waals surface area contributed by atoms with E-state index in [-0.39, 0.29) is 12.4 Å². The Kier molecular flexibility index (Phi) is 5.60. The lowest BCUT2D eigenvalue weighted by Crippen LogP contribution is -2.24. The monoisotopic (exact) mass is 332 g/mol. The minimum Gasteiger partial charge on any atom is -0.507 e. The second-order valence-corrected chi connectivity index (χ2v) is 5.42. The first kappa shape index (κ1) is 16.8. The van der Waals surface area contributed by atoms with E-state index in [1.54, 1.807) is 12.1 Å². The zero-order valence-electron chi connectivity index (χ0n) is 12.8. The molecule has 0 atom stereocenters. The number of carbonyl (C=O) groups excluding carboxylic acids is 1. The third kappa shape index (κ3) is 4.72. The fourth-order valence-corrected chi connectivity index (χ4v) is 2.04. The van der Waals surface area contributed by atoms with E-state index in [9.17, 15) is 9.90 Å². The predicted octanol–water partition coefficient (Wildman–Crippen LogP) is 3.19. The van der Waals surface area contributed by atoms with Gasteiger partial charge >= 0.3 is 0 Å². The predicted molar refractivity (Wildman–Crippen MR) is 90.3 cm³/mol. The average molecular weight is 333 g/mol. The standard InChI is InChI=1S/C17H17ClN2O3/c1-11-4-3-5-16(12(11)2)23-10-17(22)20-19-9-13-8-14(18)6-7-15(13)21/h3-9,21H,10H2,1-2H3,(H,20,22)/b19-9+. The highest BCUT2D eigenvalue weighted by Crippen LogP contribution is 2.20. The van der Waals surface area contributed by atoms with E-state index < -0.39 is 5.91 Å². The van der Waals surface area contributed by atoms with Crippen LogP contribution < -0.4 is 10.2 Å². The van der Waals surface area contributed by atoms with E-state index >= 15 is 0 Å². The van der Waals surface area contributed by atoms with Gasteiger partial charge in [0, 0.05) is 10.6 Å². The summed E-state index contributed by atoms with van der Waals surface area (Å²) >= 11 is 5.82. The SMILES string of the molecule is Cc1cccc(OCC(=O)N/N=C/c2cc(Cl)ccc2O)c1C. The van der Waals surface area contributed by atoms with Crippen molar-refractivity contribution in [3.8, 4) is 11.5 Å². The molecule has 0 heterocycles. The number of phenols is 1. The summed E-state index contributed by atoms with van der Waals surface area (Å²) in [5.41, 5.74) is 4.83. The van der Waals surface area contributed by atoms with Crippen LogP contribution in [0.4, 0.5) is 0 Å². The Hall–Kier alpha value is -2.53. The van der Waals surface area contributed by atoms with Gasteiger partial charge in [-0.15, -0.1) is 0 Å². The fourth-order valence-electron chi connectivity index (χ4n) is 1.86. The molecule has 0 fully saturated rings. The normalized spacial score (nSPS) is 10.7. The molecule has 2 aromatic rings. The van der Waals surface area contributed by atoms with Crippen LogP contribution in [0.3, 0.4) is 0 Å². The molecule has 2 rings (SSSR count). The summed E-state index contributed by atoms with van der Waals surface area (Å²) in [6, 6.07) is 10.2. The van der Waals surface area contributed by atoms with Gasteiger partial charge < -0.3 is 9.84 Å². The van der Waals surface area contributed by atoms with Crippen molar-refractivity contribution in [3.63, 3.8) is 0 Å². The van der Waals surface area contributed by atoms with Crippen LogP contribution in [0.5, 0.6) is 11.5 Å². The highest BCUT2D eigenvalue weighted by Gasteiger charge is 2.05. The molecule has 0 saturated heterocycles. The lowest BCUT2D eigenvalue weighted by Gasteiger charge is -2.09. The quantitative estimate of drug-likeness (QED) is 0.652. The van der Waals surface area contributed by atoms with Gasteiger partial charge in [0.15, 0.2) is 6.61 Å². The summed E-state index contributed by atoms with van der Waals surface area (Å²) in [7, 11) is 0. The van der Waals surface area contributed by atoms with Crippen molar-refractivity contribution in [1.82, 2.24) is 5.43 Å². The number of hydrogen-bond acceptors (Lipinski definition) is 4. The molecule has 0 aliphatic carbocycles. The number of hydrazone groups is 1. The molecule has 0 unspecified atom stereocenters. The van der Waals surface area contributed by atoms with Gasteiger partial charge in [-0.2, -0.15) is 5.10 Å². The molecule has 0 aromatic heterocycles. The van der Waals surface area contributed by atoms with Crippen molar-refractivity contribution in [2.45, 2.75) is 13.8 Å². The number of hydrogen-bond donors (Lipinski definition) is 2. The van der Waals surface area contributed by atoms with Gasteiger partial charge in [-0.05, 0) is 49.2 Å². The van der Waals surface area contributed by atoms with Crippen molar-refractivity contribution in [2.24, 2.45) is 5.10 Å². The van der Waals surface area contributed by atoms with Crippen LogP contribution in [0.25, 0.3) is 0 Å². The van der Waals surface area contributed by atoms with E-state index in [4.69, 9.17) is 16.3 Å². The number of nitrogens with one attached hydrogen (secondary N) is 1. The molecule has 2 N–H and O–H groups in total. The summed E-state index contributed by atoms with van der Waals surface area (Å²) in [6.45, 7) is 3.76. The number of halogens is 1. The summed E-state index contributed by atoms with van der Waals surface area (Å²) in [5, 5.41) is 13.9. The maximum atomic E-state index is 11.7. The number of nitrogens with zero attached hydrogens (tertiary/aromatic N) is 1. The van der Waals surface area contributed by atoms with E-state index in [1.807, 2.05) is 32.0 Å². The first-order valence-corrected chi connectivity index (χ1v) is 7.34. The van der Waals surface area contributed by atoms with Gasteiger partial charge in [0.1, 0.15) is 11.5 Å². The van der Waals surface area contributed by atoms with Gasteiger partial charge in [0.25, 0.3) is 5.91 Å². The first-order valence-electron chi connectivity index (χ1n) is 6.97. The number of amides is 1. The Balaban J connectivity index is 1.89. The van der Waals surface area contributed by atoms with Crippen LogP contribution in [0.2, 0.25) is 5.02 Å². The van der Waals surface area contributed by atoms with Crippen molar-refractivity contribution in [3.05, 3.63) is 58.1 Å². The van der Waals surface area contributed by atoms with Gasteiger partial charge in [-0.3, -0.25) is 4.79 Å². The van der Waals surface area contributed by atoms with E-state index in [0.29, 0.717) is 16.3 Å². The molecule has 0 bridgehead atoms. The summed E-state index contributed by atoms with van der Waals surface area (Å²) in [5.74, 6) is 0.291. The molecule has 5 nitrogen and oxygen atoms in total. The number of ether oxygens (including phenoxy) is 1. The lowest BCUT2D eigenvalue weighted by atomic mass is 10.1. The maximum absolute atomic E-state index is 11.7. The van der Waals surface area contributed by atoms with Crippen LogP contribution in [-0.4, -0.2) is 23.8 Å². The Morgan fingerprint density at radius 2 is 2.13 bits per heavy atom. The van der Waals surface area contributed by atoms with Crippen LogP contribution in [0.15, 0.2) is 41.5 Å². The Morgan fingerprint density at radius 3 is 2.91 bits per heavy atom. The molecule has 0 aliphatic rings. The largest absolute Gasteiger partial charge is 0.507 e. The van der Waals surface area contributed by atoms with E-state index in [0.717, 1.165) is 11.1 Å². The molecule has 0 saturated carbocycles. The number of aryl methyl sites for hydroxylation is 1. The van der Waals surface area contributed by atoms with Gasteiger partial charge in [0.05, 0.1) is 6.21 Å². The number of phenolic OH excluding ortho intramolecular Hbond substituents is 1. The van der Waals surface area contributed by atoms with Crippen molar-refractivity contribution >= 4 is 23.7 Å². The fraction of sp³-hybridized carbons (Fsp3) is 0.176. The Morgan fingerprint density at radius 1 is 1.35 bits per heavy atom. The first-order chi connectivity index (χ1) is 11.0. The summed E-state index contributed by atoms with van der Waals surface area (Å²) in [4.78, 5) is 11.7. The smallest absolute Gasteiger partial charge is 0.277 e. The zero-order valence-corrected chi connectivity index (χ0v) is 13.6. The molecular formula is C17H17ClN2O3. The topological polar surface area (TPSA) is 70.9 Å². The molecule has 23 heavy (non-hydrogen) atoms. The maximum Gasteiger partial charge on any atom is 0.277 e. The minimum absolute atomic E-state index is 0.0269. The third-order valence-corrected chi connectivity index (χ3v) is 3.53. The van der Waals surface area contributed by atoms with Crippen molar-refractivity contribution in [2.75, 3.05) is 6.61 Å². The van der Waals surface area contributed by atoms with Gasteiger partial charge in [-0.25, -0.2) is 5.43 Å². The molecule has 1 amide bonds. The summed E-state index contributed by atoms with van der Waals surface area (Å²) < 4.78 is 5.47. The highest BCUT2D eigenvalue weighted by atomic mass is 35.5. The van der Waals surface area contributed by atoms with Crippen LogP contribution in [0, 0.1) is 13.8 Å². The minimum atomic E-state index is -0.399. The number of aromatic hydroxyl groups is 1. The Bertz CT molecular complexity index is 745. The van der Waals surface area contributed by atoms with E-state index in [1.165, 1.54) is 12.3 Å². The molecule has 120 valence electrons. The van der Waals surface area contributed by atoms with Crippen LogP contribution in [0.1, 0.15) is 16.7 Å². The van der Waals surface area contributed by atoms with Crippen molar-refractivity contribution < 1.29 is 14.6 Å². The average Bonchev–Trinajstić information content (AvgIpc) is 2.52. The molecule has 0 aliphatic heterocycles. The molecular weight excluding hydrogens is 316 g/mol. The van der Waals surface area contributed by atoms with Crippen LogP contribution in [-0.2, 0) is 4.79 Å². The highest BCUT2D eigenvalue weighted by molar-refractivity contribution is 6.30.